The fraction of sp³-hybridized carbons (Fsp3) is 0.611. The van der Waals surface area contributed by atoms with E-state index in [1.54, 1.807) is 0 Å². The molecule has 0 aliphatic heterocycles. The minimum Gasteiger partial charge on any atom is -0.375 e. The Bertz CT molecular complexity index is 488. The molecule has 0 saturated heterocycles. The van der Waals surface area contributed by atoms with Crippen molar-refractivity contribution in [3.8, 4) is 6.07 Å². The number of hydrogen-bond acceptors (Lipinski definition) is 3. The second-order valence-electron chi connectivity index (χ2n) is 6.25. The lowest BCUT2D eigenvalue weighted by Crippen LogP contribution is -2.47. The minimum absolute atomic E-state index is 0.289. The smallest absolute Gasteiger partial charge is 0.109 e. The van der Waals surface area contributed by atoms with Crippen molar-refractivity contribution in [2.24, 2.45) is 5.92 Å². The van der Waals surface area contributed by atoms with Gasteiger partial charge in [-0.15, -0.1) is 0 Å². The van der Waals surface area contributed by atoms with E-state index in [2.05, 4.69) is 61.4 Å². The molecule has 3 nitrogen and oxygen atoms in total. The summed E-state index contributed by atoms with van der Waals surface area (Å²) < 4.78 is 0. The van der Waals surface area contributed by atoms with Crippen molar-refractivity contribution in [2.45, 2.75) is 45.1 Å². The van der Waals surface area contributed by atoms with Gasteiger partial charge >= 0.3 is 0 Å². The number of benzene rings is 1. The van der Waals surface area contributed by atoms with Crippen LogP contribution in [0.15, 0.2) is 24.3 Å². The number of anilines is 1. The SMILES string of the molecule is CCNC1(C#N)CCCC1CCN(C)c1ccc(C)cc1. The molecule has 0 amide bonds. The summed E-state index contributed by atoms with van der Waals surface area (Å²) in [4.78, 5) is 2.30. The lowest BCUT2D eigenvalue weighted by molar-refractivity contribution is 0.309. The summed E-state index contributed by atoms with van der Waals surface area (Å²) in [6, 6.07) is 11.2. The molecule has 0 heterocycles. The third kappa shape index (κ3) is 3.57. The summed E-state index contributed by atoms with van der Waals surface area (Å²) in [7, 11) is 2.14. The topological polar surface area (TPSA) is 39.1 Å². The molecule has 3 heteroatoms. The van der Waals surface area contributed by atoms with Crippen LogP contribution in [0.25, 0.3) is 0 Å². The van der Waals surface area contributed by atoms with Crippen molar-refractivity contribution >= 4 is 5.69 Å². The zero-order valence-electron chi connectivity index (χ0n) is 13.5. The predicted molar refractivity (Wildman–Crippen MR) is 88.4 cm³/mol. The van der Waals surface area contributed by atoms with Crippen LogP contribution in [0.4, 0.5) is 5.69 Å². The van der Waals surface area contributed by atoms with E-state index in [9.17, 15) is 5.26 Å². The Hall–Kier alpha value is -1.53. The minimum atomic E-state index is -0.289. The van der Waals surface area contributed by atoms with Gasteiger partial charge in [0.25, 0.3) is 0 Å². The fourth-order valence-corrected chi connectivity index (χ4v) is 3.48. The number of hydrogen-bond donors (Lipinski definition) is 1. The first-order chi connectivity index (χ1) is 10.1. The molecule has 1 aliphatic carbocycles. The highest BCUT2D eigenvalue weighted by Gasteiger charge is 2.42. The van der Waals surface area contributed by atoms with Crippen LogP contribution in [0.3, 0.4) is 0 Å². The van der Waals surface area contributed by atoms with Gasteiger partial charge in [-0.25, -0.2) is 0 Å². The van der Waals surface area contributed by atoms with Crippen molar-refractivity contribution in [1.82, 2.24) is 5.32 Å². The molecule has 2 atom stereocenters. The molecule has 0 spiro atoms. The Kier molecular flexibility index (Phi) is 5.25. The maximum absolute atomic E-state index is 9.60. The molecular weight excluding hydrogens is 258 g/mol. The lowest BCUT2D eigenvalue weighted by atomic mass is 9.85. The second kappa shape index (κ2) is 6.95. The molecular formula is C18H27N3. The summed E-state index contributed by atoms with van der Waals surface area (Å²) in [5.74, 6) is 0.468. The van der Waals surface area contributed by atoms with Gasteiger partial charge in [0.15, 0.2) is 0 Å². The number of nitrogens with one attached hydrogen (secondary N) is 1. The molecule has 1 aromatic carbocycles. The Morgan fingerprint density at radius 2 is 2.10 bits per heavy atom. The Morgan fingerprint density at radius 1 is 1.38 bits per heavy atom. The summed E-state index contributed by atoms with van der Waals surface area (Å²) in [6.45, 7) is 6.08. The Balaban J connectivity index is 1.95. The van der Waals surface area contributed by atoms with E-state index in [0.29, 0.717) is 5.92 Å². The van der Waals surface area contributed by atoms with Crippen LogP contribution in [-0.4, -0.2) is 25.7 Å². The zero-order chi connectivity index (χ0) is 15.3. The van der Waals surface area contributed by atoms with Crippen LogP contribution in [0, 0.1) is 24.2 Å². The van der Waals surface area contributed by atoms with Crippen molar-refractivity contribution in [1.29, 1.82) is 5.26 Å². The number of rotatable bonds is 6. The average Bonchev–Trinajstić information content (AvgIpc) is 2.89. The van der Waals surface area contributed by atoms with Crippen LogP contribution in [-0.2, 0) is 0 Å². The van der Waals surface area contributed by atoms with Gasteiger partial charge in [-0.3, -0.25) is 5.32 Å². The largest absolute Gasteiger partial charge is 0.375 e. The zero-order valence-corrected chi connectivity index (χ0v) is 13.5. The van der Waals surface area contributed by atoms with Crippen LogP contribution in [0.2, 0.25) is 0 Å². The van der Waals surface area contributed by atoms with Gasteiger partial charge in [0, 0.05) is 19.3 Å². The first-order valence-electron chi connectivity index (χ1n) is 8.05. The quantitative estimate of drug-likeness (QED) is 0.869. The maximum Gasteiger partial charge on any atom is 0.109 e. The van der Waals surface area contributed by atoms with Crippen LogP contribution >= 0.6 is 0 Å². The maximum atomic E-state index is 9.60. The fourth-order valence-electron chi connectivity index (χ4n) is 3.48. The van der Waals surface area contributed by atoms with Crippen molar-refractivity contribution in [3.63, 3.8) is 0 Å². The van der Waals surface area contributed by atoms with Crippen molar-refractivity contribution in [3.05, 3.63) is 29.8 Å². The van der Waals surface area contributed by atoms with E-state index in [4.69, 9.17) is 0 Å². The first-order valence-corrected chi connectivity index (χ1v) is 8.05. The van der Waals surface area contributed by atoms with Crippen molar-refractivity contribution < 1.29 is 0 Å². The van der Waals surface area contributed by atoms with Crippen molar-refractivity contribution in [2.75, 3.05) is 25.0 Å². The molecule has 21 heavy (non-hydrogen) atoms. The standard InChI is InChI=1S/C18H27N3/c1-4-20-18(14-19)12-5-6-16(18)11-13-21(3)17-9-7-15(2)8-10-17/h7-10,16,20H,4-6,11-13H2,1-3H3. The molecule has 1 aliphatic rings. The van der Waals surface area contributed by atoms with E-state index >= 15 is 0 Å². The molecule has 1 N–H and O–H groups in total. The van der Waals surface area contributed by atoms with Gasteiger partial charge in [-0.1, -0.05) is 31.0 Å². The van der Waals surface area contributed by atoms with Gasteiger partial charge < -0.3 is 4.90 Å². The van der Waals surface area contributed by atoms with Crippen LogP contribution in [0.5, 0.6) is 0 Å². The molecule has 1 saturated carbocycles. The van der Waals surface area contributed by atoms with E-state index in [1.165, 1.54) is 24.1 Å². The number of nitrogens with zero attached hydrogens (tertiary/aromatic N) is 2. The normalized spacial score (nSPS) is 24.8. The Morgan fingerprint density at radius 3 is 2.71 bits per heavy atom. The lowest BCUT2D eigenvalue weighted by Gasteiger charge is -2.31. The van der Waals surface area contributed by atoms with E-state index < -0.39 is 0 Å². The summed E-state index contributed by atoms with van der Waals surface area (Å²) in [5.41, 5.74) is 2.26. The second-order valence-corrected chi connectivity index (χ2v) is 6.25. The summed E-state index contributed by atoms with van der Waals surface area (Å²) in [5, 5.41) is 13.1. The molecule has 2 unspecified atom stereocenters. The third-order valence-corrected chi connectivity index (χ3v) is 4.80. The highest BCUT2D eigenvalue weighted by Crippen LogP contribution is 2.37. The average molecular weight is 285 g/mol. The molecule has 1 fully saturated rings. The summed E-state index contributed by atoms with van der Waals surface area (Å²) >= 11 is 0. The van der Waals surface area contributed by atoms with Gasteiger partial charge in [-0.05, 0) is 50.8 Å². The molecule has 1 aromatic rings. The van der Waals surface area contributed by atoms with Gasteiger partial charge in [0.1, 0.15) is 5.54 Å². The van der Waals surface area contributed by atoms with Gasteiger partial charge in [-0.2, -0.15) is 5.26 Å². The third-order valence-electron chi connectivity index (χ3n) is 4.80. The number of nitriles is 1. The first kappa shape index (κ1) is 15.9. The predicted octanol–water partition coefficient (Wildman–Crippen LogP) is 3.49. The molecule has 2 rings (SSSR count). The van der Waals surface area contributed by atoms with E-state index in [0.717, 1.165) is 25.9 Å². The van der Waals surface area contributed by atoms with Gasteiger partial charge in [0.2, 0.25) is 0 Å². The highest BCUT2D eigenvalue weighted by atomic mass is 15.1. The monoisotopic (exact) mass is 285 g/mol. The molecule has 114 valence electrons. The van der Waals surface area contributed by atoms with Gasteiger partial charge in [0.05, 0.1) is 6.07 Å². The summed E-state index contributed by atoms with van der Waals surface area (Å²) in [6.07, 6.45) is 4.41. The Labute approximate surface area is 129 Å². The highest BCUT2D eigenvalue weighted by molar-refractivity contribution is 5.46. The van der Waals surface area contributed by atoms with E-state index in [1.807, 2.05) is 0 Å². The molecule has 0 radical (unpaired) electrons. The van der Waals surface area contributed by atoms with E-state index in [-0.39, 0.29) is 5.54 Å². The van der Waals surface area contributed by atoms with Crippen LogP contribution < -0.4 is 10.2 Å². The van der Waals surface area contributed by atoms with Crippen LogP contribution in [0.1, 0.15) is 38.2 Å². The molecule has 0 bridgehead atoms. The molecule has 0 aromatic heterocycles. The number of aryl methyl sites for hydroxylation is 1.